The minimum Gasteiger partial charge on any atom is -0.370 e. The molecule has 3 fully saturated rings. The Morgan fingerprint density at radius 1 is 1.11 bits per heavy atom. The number of fused-ring (bicyclic) bond motifs is 1. The number of hydrogen-bond acceptors (Lipinski definition) is 3. The van der Waals surface area contributed by atoms with E-state index in [0.717, 1.165) is 12.0 Å². The highest BCUT2D eigenvalue weighted by atomic mass is 19.4. The van der Waals surface area contributed by atoms with Crippen LogP contribution in [-0.4, -0.2) is 66.7 Å². The molecule has 0 radical (unpaired) electrons. The molecule has 0 saturated carbocycles. The van der Waals surface area contributed by atoms with Gasteiger partial charge in [0.1, 0.15) is 6.61 Å². The van der Waals surface area contributed by atoms with Crippen LogP contribution in [0.4, 0.5) is 18.0 Å². The third-order valence-corrected chi connectivity index (χ3v) is 5.89. The normalized spacial score (nSPS) is 26.0. The van der Waals surface area contributed by atoms with Gasteiger partial charge in [-0.05, 0) is 17.5 Å². The molecular weight excluding hydrogens is 373 g/mol. The number of alkyl halides is 3. The zero-order valence-electron chi connectivity index (χ0n) is 15.5. The molecule has 0 aliphatic carbocycles. The Kier molecular flexibility index (Phi) is 5.07. The van der Waals surface area contributed by atoms with E-state index in [1.165, 1.54) is 12.1 Å². The SMILES string of the molecule is O=C1CO[C@H]2CCN(C(=O)N3CC(c4ccc(CC(F)(F)F)cc4)C3)C[C@@H]2C1. The van der Waals surface area contributed by atoms with Crippen LogP contribution in [0.3, 0.4) is 0 Å². The number of ether oxygens (including phenoxy) is 1. The molecule has 3 heterocycles. The molecule has 5 nitrogen and oxygen atoms in total. The molecule has 0 bridgehead atoms. The van der Waals surface area contributed by atoms with Crippen LogP contribution in [0.2, 0.25) is 0 Å². The largest absolute Gasteiger partial charge is 0.393 e. The number of urea groups is 1. The van der Waals surface area contributed by atoms with Gasteiger partial charge in [0.15, 0.2) is 5.78 Å². The second kappa shape index (κ2) is 7.39. The quantitative estimate of drug-likeness (QED) is 0.772. The van der Waals surface area contributed by atoms with E-state index >= 15 is 0 Å². The summed E-state index contributed by atoms with van der Waals surface area (Å²) in [5.74, 6) is 0.326. The highest BCUT2D eigenvalue weighted by molar-refractivity contribution is 5.81. The van der Waals surface area contributed by atoms with Gasteiger partial charge in [0, 0.05) is 44.4 Å². The van der Waals surface area contributed by atoms with Gasteiger partial charge >= 0.3 is 12.2 Å². The molecule has 1 aromatic carbocycles. The number of rotatable bonds is 2. The summed E-state index contributed by atoms with van der Waals surface area (Å²) in [5.41, 5.74) is 1.20. The van der Waals surface area contributed by atoms with Gasteiger partial charge in [-0.15, -0.1) is 0 Å². The van der Waals surface area contributed by atoms with E-state index in [1.807, 2.05) is 0 Å². The maximum absolute atomic E-state index is 12.7. The van der Waals surface area contributed by atoms with Gasteiger partial charge in [-0.1, -0.05) is 24.3 Å². The molecule has 152 valence electrons. The van der Waals surface area contributed by atoms with Crippen molar-refractivity contribution in [2.45, 2.75) is 37.5 Å². The molecule has 0 N–H and O–H groups in total. The summed E-state index contributed by atoms with van der Waals surface area (Å²) >= 11 is 0. The predicted molar refractivity (Wildman–Crippen MR) is 95.0 cm³/mol. The van der Waals surface area contributed by atoms with Crippen LogP contribution in [0.25, 0.3) is 0 Å². The maximum Gasteiger partial charge on any atom is 0.393 e. The molecule has 0 unspecified atom stereocenters. The van der Waals surface area contributed by atoms with Crippen LogP contribution in [0, 0.1) is 5.92 Å². The second-order valence-corrected chi connectivity index (χ2v) is 8.01. The lowest BCUT2D eigenvalue weighted by Gasteiger charge is -2.46. The van der Waals surface area contributed by atoms with Crippen molar-refractivity contribution in [1.29, 1.82) is 0 Å². The Bertz CT molecular complexity index is 744. The Labute approximate surface area is 161 Å². The lowest BCUT2D eigenvalue weighted by Crippen LogP contribution is -2.58. The number of hydrogen-bond donors (Lipinski definition) is 0. The molecule has 28 heavy (non-hydrogen) atoms. The van der Waals surface area contributed by atoms with Gasteiger partial charge < -0.3 is 14.5 Å². The van der Waals surface area contributed by atoms with Crippen molar-refractivity contribution in [3.63, 3.8) is 0 Å². The van der Waals surface area contributed by atoms with Crippen molar-refractivity contribution in [3.05, 3.63) is 35.4 Å². The smallest absolute Gasteiger partial charge is 0.370 e. The Morgan fingerprint density at radius 3 is 2.50 bits per heavy atom. The van der Waals surface area contributed by atoms with E-state index in [9.17, 15) is 22.8 Å². The molecule has 0 spiro atoms. The van der Waals surface area contributed by atoms with Crippen molar-refractivity contribution in [3.8, 4) is 0 Å². The molecule has 3 saturated heterocycles. The van der Waals surface area contributed by atoms with Crippen LogP contribution < -0.4 is 0 Å². The third kappa shape index (κ3) is 4.16. The minimum absolute atomic E-state index is 0.0265. The number of carbonyl (C=O) groups excluding carboxylic acids is 2. The fourth-order valence-corrected chi connectivity index (χ4v) is 4.34. The lowest BCUT2D eigenvalue weighted by atomic mass is 9.87. The van der Waals surface area contributed by atoms with Gasteiger partial charge in [0.2, 0.25) is 0 Å². The molecule has 4 rings (SSSR count). The van der Waals surface area contributed by atoms with Crippen LogP contribution >= 0.6 is 0 Å². The Hall–Kier alpha value is -2.09. The summed E-state index contributed by atoms with van der Waals surface area (Å²) in [6.45, 7) is 2.49. The van der Waals surface area contributed by atoms with E-state index in [0.29, 0.717) is 32.6 Å². The second-order valence-electron chi connectivity index (χ2n) is 8.01. The number of nitrogens with zero attached hydrogens (tertiary/aromatic N) is 2. The summed E-state index contributed by atoms with van der Waals surface area (Å²) in [4.78, 5) is 27.9. The van der Waals surface area contributed by atoms with Gasteiger partial charge in [0.25, 0.3) is 0 Å². The number of likely N-dealkylation sites (tertiary alicyclic amines) is 2. The van der Waals surface area contributed by atoms with Gasteiger partial charge in [0.05, 0.1) is 12.5 Å². The molecular formula is C20H23F3N2O3. The first-order valence-corrected chi connectivity index (χ1v) is 9.61. The zero-order valence-corrected chi connectivity index (χ0v) is 15.5. The first-order valence-electron chi connectivity index (χ1n) is 9.61. The van der Waals surface area contributed by atoms with Crippen molar-refractivity contribution < 1.29 is 27.5 Å². The summed E-state index contributed by atoms with van der Waals surface area (Å²) in [6, 6.07) is 6.45. The number of benzene rings is 1. The number of carbonyl (C=O) groups is 2. The molecule has 8 heteroatoms. The lowest BCUT2D eigenvalue weighted by molar-refractivity contribution is -0.140. The predicted octanol–water partition coefficient (Wildman–Crippen LogP) is 2.99. The monoisotopic (exact) mass is 396 g/mol. The Morgan fingerprint density at radius 2 is 1.82 bits per heavy atom. The van der Waals surface area contributed by atoms with Crippen molar-refractivity contribution >= 4 is 11.8 Å². The van der Waals surface area contributed by atoms with E-state index < -0.39 is 12.6 Å². The van der Waals surface area contributed by atoms with E-state index in [2.05, 4.69) is 0 Å². The van der Waals surface area contributed by atoms with Gasteiger partial charge in [-0.25, -0.2) is 4.79 Å². The number of piperidine rings is 1. The summed E-state index contributed by atoms with van der Waals surface area (Å²) in [5, 5.41) is 0. The molecule has 0 aromatic heterocycles. The average molecular weight is 396 g/mol. The van der Waals surface area contributed by atoms with E-state index in [4.69, 9.17) is 4.74 Å². The summed E-state index contributed by atoms with van der Waals surface area (Å²) in [7, 11) is 0. The number of halogens is 3. The standard InChI is InChI=1S/C20H23F3N2O3/c21-20(22,23)8-13-1-3-14(4-2-13)16-10-25(11-16)19(27)24-6-5-18-15(9-24)7-17(26)12-28-18/h1-4,15-16,18H,5-12H2/t15-,18-/m0/s1. The zero-order chi connectivity index (χ0) is 19.9. The van der Waals surface area contributed by atoms with Gasteiger partial charge in [-0.2, -0.15) is 13.2 Å². The van der Waals surface area contributed by atoms with Crippen LogP contribution in [0.1, 0.15) is 29.9 Å². The van der Waals surface area contributed by atoms with E-state index in [1.54, 1.807) is 21.9 Å². The molecule has 1 aromatic rings. The summed E-state index contributed by atoms with van der Waals surface area (Å²) < 4.78 is 42.9. The molecule has 2 amide bonds. The highest BCUT2D eigenvalue weighted by Gasteiger charge is 2.40. The number of Topliss-reactive ketones (excluding diaryl/α,β-unsaturated/α-hetero) is 1. The first-order chi connectivity index (χ1) is 13.3. The molecule has 3 aliphatic heterocycles. The fourth-order valence-electron chi connectivity index (χ4n) is 4.34. The number of ketones is 1. The minimum atomic E-state index is -4.21. The Balaban J connectivity index is 1.29. The summed E-state index contributed by atoms with van der Waals surface area (Å²) in [6.07, 6.45) is -3.83. The number of amides is 2. The average Bonchev–Trinajstić information content (AvgIpc) is 2.60. The maximum atomic E-state index is 12.7. The third-order valence-electron chi connectivity index (χ3n) is 5.89. The molecule has 2 atom stereocenters. The van der Waals surface area contributed by atoms with Crippen LogP contribution in [0.5, 0.6) is 0 Å². The van der Waals surface area contributed by atoms with Crippen LogP contribution in [0.15, 0.2) is 24.3 Å². The first kappa shape index (κ1) is 19.2. The van der Waals surface area contributed by atoms with Crippen molar-refractivity contribution in [2.75, 3.05) is 32.8 Å². The van der Waals surface area contributed by atoms with Crippen LogP contribution in [-0.2, 0) is 16.0 Å². The van der Waals surface area contributed by atoms with E-state index in [-0.39, 0.29) is 41.9 Å². The highest BCUT2D eigenvalue weighted by Crippen LogP contribution is 2.32. The molecule has 3 aliphatic rings. The topological polar surface area (TPSA) is 49.9 Å². The fraction of sp³-hybridized carbons (Fsp3) is 0.600. The van der Waals surface area contributed by atoms with Crippen molar-refractivity contribution in [1.82, 2.24) is 9.80 Å². The van der Waals surface area contributed by atoms with Gasteiger partial charge in [-0.3, -0.25) is 4.79 Å². The van der Waals surface area contributed by atoms with Crippen molar-refractivity contribution in [2.24, 2.45) is 5.92 Å².